The topological polar surface area (TPSA) is 43.8 Å². The third-order valence-electron chi connectivity index (χ3n) is 2.36. The quantitative estimate of drug-likeness (QED) is 0.925. The van der Waals surface area contributed by atoms with Crippen molar-refractivity contribution in [3.8, 4) is 0 Å². The Morgan fingerprint density at radius 1 is 1.33 bits per heavy atom. The minimum absolute atomic E-state index is 0.167. The van der Waals surface area contributed by atoms with E-state index in [1.807, 2.05) is 22.9 Å². The first kappa shape index (κ1) is 10.4. The molecule has 0 saturated heterocycles. The number of nitrogens with zero attached hydrogens (tertiary/aromatic N) is 2. The predicted molar refractivity (Wildman–Crippen MR) is 63.6 cm³/mol. The molecule has 0 bridgehead atoms. The highest BCUT2D eigenvalue weighted by atomic mass is 79.9. The Hall–Kier alpha value is -1.13. The average Bonchev–Trinajstić information content (AvgIpc) is 2.75. The van der Waals surface area contributed by atoms with Crippen LogP contribution in [0.2, 0.25) is 0 Å². The minimum atomic E-state index is 0.167. The fourth-order valence-corrected chi connectivity index (χ4v) is 1.83. The molecule has 0 amide bonds. The van der Waals surface area contributed by atoms with Crippen molar-refractivity contribution < 1.29 is 0 Å². The van der Waals surface area contributed by atoms with Crippen LogP contribution in [0.1, 0.15) is 11.6 Å². The zero-order valence-corrected chi connectivity index (χ0v) is 9.76. The molecule has 0 fully saturated rings. The molecule has 78 valence electrons. The van der Waals surface area contributed by atoms with Crippen LogP contribution in [-0.2, 0) is 0 Å². The standard InChI is InChI=1S/C11H12BrN3/c12-10-3-1-9(2-4-10)11(7-13)15-6-5-14-8-15/h1-6,8,11H,7,13H2. The van der Waals surface area contributed by atoms with E-state index in [0.29, 0.717) is 6.54 Å². The molecule has 0 aliphatic heterocycles. The Bertz CT molecular complexity index is 408. The van der Waals surface area contributed by atoms with Crippen LogP contribution in [-0.4, -0.2) is 16.1 Å². The molecule has 0 aliphatic carbocycles. The summed E-state index contributed by atoms with van der Waals surface area (Å²) in [5.74, 6) is 0. The summed E-state index contributed by atoms with van der Waals surface area (Å²) in [4.78, 5) is 4.03. The lowest BCUT2D eigenvalue weighted by Gasteiger charge is -2.16. The summed E-state index contributed by atoms with van der Waals surface area (Å²) in [5.41, 5.74) is 6.97. The van der Waals surface area contributed by atoms with E-state index in [2.05, 4.69) is 33.0 Å². The van der Waals surface area contributed by atoms with Gasteiger partial charge in [-0.05, 0) is 17.7 Å². The molecule has 1 heterocycles. The van der Waals surface area contributed by atoms with Gasteiger partial charge in [-0.2, -0.15) is 0 Å². The lowest BCUT2D eigenvalue weighted by Crippen LogP contribution is -2.19. The number of rotatable bonds is 3. The molecule has 2 rings (SSSR count). The van der Waals surface area contributed by atoms with Crippen molar-refractivity contribution in [2.75, 3.05) is 6.54 Å². The van der Waals surface area contributed by atoms with Crippen LogP contribution in [0.5, 0.6) is 0 Å². The van der Waals surface area contributed by atoms with Crippen LogP contribution in [0, 0.1) is 0 Å². The summed E-state index contributed by atoms with van der Waals surface area (Å²) in [6.07, 6.45) is 5.49. The van der Waals surface area contributed by atoms with Gasteiger partial charge in [-0.1, -0.05) is 28.1 Å². The number of halogens is 1. The number of benzene rings is 1. The van der Waals surface area contributed by atoms with E-state index in [4.69, 9.17) is 5.73 Å². The van der Waals surface area contributed by atoms with Crippen molar-refractivity contribution in [3.05, 3.63) is 53.0 Å². The number of aromatic nitrogens is 2. The zero-order chi connectivity index (χ0) is 10.7. The van der Waals surface area contributed by atoms with Crippen LogP contribution in [0.3, 0.4) is 0 Å². The third kappa shape index (κ3) is 2.27. The lowest BCUT2D eigenvalue weighted by atomic mass is 10.1. The Morgan fingerprint density at radius 3 is 2.60 bits per heavy atom. The highest BCUT2D eigenvalue weighted by molar-refractivity contribution is 9.10. The Kier molecular flexibility index (Phi) is 3.18. The van der Waals surface area contributed by atoms with E-state index in [1.54, 1.807) is 12.5 Å². The smallest absolute Gasteiger partial charge is 0.0952 e. The largest absolute Gasteiger partial charge is 0.329 e. The summed E-state index contributed by atoms with van der Waals surface area (Å²) in [6, 6.07) is 8.35. The molecule has 4 heteroatoms. The number of nitrogens with two attached hydrogens (primary N) is 1. The first-order valence-corrected chi connectivity index (χ1v) is 5.53. The molecule has 0 radical (unpaired) electrons. The summed E-state index contributed by atoms with van der Waals surface area (Å²) in [5, 5.41) is 0. The molecular weight excluding hydrogens is 254 g/mol. The molecule has 15 heavy (non-hydrogen) atoms. The normalized spacial score (nSPS) is 12.7. The van der Waals surface area contributed by atoms with Gasteiger partial charge in [0, 0.05) is 23.4 Å². The van der Waals surface area contributed by atoms with Gasteiger partial charge < -0.3 is 10.3 Å². The number of hydrogen-bond donors (Lipinski definition) is 1. The van der Waals surface area contributed by atoms with Crippen LogP contribution < -0.4 is 5.73 Å². The summed E-state index contributed by atoms with van der Waals surface area (Å²) < 4.78 is 3.09. The minimum Gasteiger partial charge on any atom is -0.329 e. The van der Waals surface area contributed by atoms with Gasteiger partial charge in [0.25, 0.3) is 0 Å². The Balaban J connectivity index is 2.31. The number of hydrogen-bond acceptors (Lipinski definition) is 2. The van der Waals surface area contributed by atoms with Gasteiger partial charge in [0.1, 0.15) is 0 Å². The van der Waals surface area contributed by atoms with Gasteiger partial charge in [0.05, 0.1) is 12.4 Å². The predicted octanol–water partition coefficient (Wildman–Crippen LogP) is 2.19. The van der Waals surface area contributed by atoms with Crippen LogP contribution in [0.25, 0.3) is 0 Å². The van der Waals surface area contributed by atoms with Gasteiger partial charge in [-0.3, -0.25) is 0 Å². The second-order valence-electron chi connectivity index (χ2n) is 3.31. The van der Waals surface area contributed by atoms with Crippen molar-refractivity contribution in [2.45, 2.75) is 6.04 Å². The van der Waals surface area contributed by atoms with E-state index in [-0.39, 0.29) is 6.04 Å². The summed E-state index contributed by atoms with van der Waals surface area (Å²) in [7, 11) is 0. The van der Waals surface area contributed by atoms with Crippen molar-refractivity contribution >= 4 is 15.9 Å². The summed E-state index contributed by atoms with van der Waals surface area (Å²) >= 11 is 3.41. The maximum absolute atomic E-state index is 5.77. The van der Waals surface area contributed by atoms with E-state index < -0.39 is 0 Å². The SMILES string of the molecule is NCC(c1ccc(Br)cc1)n1ccnc1. The molecule has 2 aromatic rings. The first-order chi connectivity index (χ1) is 7.31. The van der Waals surface area contributed by atoms with Crippen molar-refractivity contribution in [3.63, 3.8) is 0 Å². The maximum atomic E-state index is 5.77. The monoisotopic (exact) mass is 265 g/mol. The highest BCUT2D eigenvalue weighted by Crippen LogP contribution is 2.19. The van der Waals surface area contributed by atoms with Crippen LogP contribution in [0.15, 0.2) is 47.5 Å². The lowest BCUT2D eigenvalue weighted by molar-refractivity contribution is 0.594. The van der Waals surface area contributed by atoms with Crippen molar-refractivity contribution in [2.24, 2.45) is 5.73 Å². The first-order valence-electron chi connectivity index (χ1n) is 4.74. The average molecular weight is 266 g/mol. The molecule has 2 N–H and O–H groups in total. The Morgan fingerprint density at radius 2 is 2.07 bits per heavy atom. The molecule has 1 atom stereocenters. The number of imidazole rings is 1. The van der Waals surface area contributed by atoms with Gasteiger partial charge >= 0.3 is 0 Å². The molecule has 1 aromatic heterocycles. The maximum Gasteiger partial charge on any atom is 0.0952 e. The van der Waals surface area contributed by atoms with E-state index in [0.717, 1.165) is 4.47 Å². The molecule has 1 aromatic carbocycles. The fourth-order valence-electron chi connectivity index (χ4n) is 1.57. The van der Waals surface area contributed by atoms with E-state index in [1.165, 1.54) is 5.56 Å². The van der Waals surface area contributed by atoms with Crippen molar-refractivity contribution in [1.82, 2.24) is 9.55 Å². The van der Waals surface area contributed by atoms with E-state index in [9.17, 15) is 0 Å². The molecule has 0 saturated carbocycles. The second kappa shape index (κ2) is 4.59. The van der Waals surface area contributed by atoms with Gasteiger partial charge in [0.2, 0.25) is 0 Å². The molecule has 1 unspecified atom stereocenters. The second-order valence-corrected chi connectivity index (χ2v) is 4.23. The van der Waals surface area contributed by atoms with E-state index >= 15 is 0 Å². The molecular formula is C11H12BrN3. The van der Waals surface area contributed by atoms with Crippen molar-refractivity contribution in [1.29, 1.82) is 0 Å². The Labute approximate surface area is 97.1 Å². The van der Waals surface area contributed by atoms with Gasteiger partial charge in [0.15, 0.2) is 0 Å². The van der Waals surface area contributed by atoms with Gasteiger partial charge in [-0.25, -0.2) is 4.98 Å². The van der Waals surface area contributed by atoms with Gasteiger partial charge in [-0.15, -0.1) is 0 Å². The molecule has 0 spiro atoms. The third-order valence-corrected chi connectivity index (χ3v) is 2.89. The summed E-state index contributed by atoms with van der Waals surface area (Å²) in [6.45, 7) is 0.567. The molecule has 0 aliphatic rings. The van der Waals surface area contributed by atoms with Crippen LogP contribution >= 0.6 is 15.9 Å². The molecule has 3 nitrogen and oxygen atoms in total. The van der Waals surface area contributed by atoms with Crippen LogP contribution in [0.4, 0.5) is 0 Å². The highest BCUT2D eigenvalue weighted by Gasteiger charge is 2.10. The fraction of sp³-hybridized carbons (Fsp3) is 0.182. The zero-order valence-electron chi connectivity index (χ0n) is 8.18.